The Hall–Kier alpha value is -2.54. The topological polar surface area (TPSA) is 68.3 Å². The third kappa shape index (κ3) is 6.75. The van der Waals surface area contributed by atoms with Crippen molar-refractivity contribution >= 4 is 23.3 Å². The highest BCUT2D eigenvalue weighted by Gasteiger charge is 2.20. The highest BCUT2D eigenvalue weighted by atomic mass is 15.3. The summed E-state index contributed by atoms with van der Waals surface area (Å²) in [6, 6.07) is 11.3. The second kappa shape index (κ2) is 11.3. The summed E-state index contributed by atoms with van der Waals surface area (Å²) in [6.07, 6.45) is 4.97. The minimum absolute atomic E-state index is 0.187. The van der Waals surface area contributed by atoms with E-state index in [0.29, 0.717) is 6.04 Å². The van der Waals surface area contributed by atoms with Gasteiger partial charge in [0.05, 0.1) is 0 Å². The fraction of sp³-hybridized carbons (Fsp3) is 0.630. The highest BCUT2D eigenvalue weighted by Crippen LogP contribution is 2.26. The monoisotopic (exact) mass is 465 g/mol. The average molecular weight is 466 g/mol. The lowest BCUT2D eigenvalue weighted by Crippen LogP contribution is -2.33. The van der Waals surface area contributed by atoms with E-state index in [1.165, 1.54) is 36.9 Å². The van der Waals surface area contributed by atoms with Crippen LogP contribution in [0.3, 0.4) is 0 Å². The Labute approximate surface area is 205 Å². The molecule has 3 N–H and O–H groups in total. The number of anilines is 4. The zero-order chi connectivity index (χ0) is 24.0. The fourth-order valence-electron chi connectivity index (χ4n) is 4.68. The molecule has 0 aliphatic carbocycles. The maximum Gasteiger partial charge on any atom is 0.229 e. The number of hydrogen-bond acceptors (Lipinski definition) is 7. The van der Waals surface area contributed by atoms with E-state index in [1.807, 2.05) is 0 Å². The largest absolute Gasteiger partial charge is 0.381 e. The summed E-state index contributed by atoms with van der Waals surface area (Å²) in [4.78, 5) is 14.5. The maximum atomic E-state index is 4.90. The molecule has 0 spiro atoms. The van der Waals surface area contributed by atoms with Crippen molar-refractivity contribution in [3.8, 4) is 0 Å². The fourth-order valence-corrected chi connectivity index (χ4v) is 4.68. The van der Waals surface area contributed by atoms with E-state index in [1.54, 1.807) is 0 Å². The second-order valence-electron chi connectivity index (χ2n) is 10.8. The van der Waals surface area contributed by atoms with Crippen LogP contribution >= 0.6 is 0 Å². The number of nitrogens with one attached hydrogen (secondary N) is 3. The molecule has 186 valence electrons. The average Bonchev–Trinajstić information content (AvgIpc) is 3.53. The van der Waals surface area contributed by atoms with Crippen LogP contribution in [0.4, 0.5) is 23.3 Å². The minimum atomic E-state index is 0.187. The van der Waals surface area contributed by atoms with Gasteiger partial charge in [-0.05, 0) is 55.7 Å². The van der Waals surface area contributed by atoms with E-state index in [0.717, 1.165) is 63.4 Å². The van der Waals surface area contributed by atoms with Crippen LogP contribution in [0.15, 0.2) is 30.3 Å². The van der Waals surface area contributed by atoms with Crippen LogP contribution in [0.2, 0.25) is 0 Å². The molecule has 1 aromatic carbocycles. The molecule has 0 saturated carbocycles. The summed E-state index contributed by atoms with van der Waals surface area (Å²) < 4.78 is 0. The Balaban J connectivity index is 1.23. The highest BCUT2D eigenvalue weighted by molar-refractivity contribution is 5.55. The standard InChI is InChI=1S/C27H43N7/c1-21(30-23-11-9-22(10-12-23)27(2,3)4)20-28-13-14-29-24-19-25(33-15-5-6-16-33)32-26(31-24)34-17-7-8-18-34/h9-12,19,21,28,30H,5-8,13-18,20H2,1-4H3,(H,29,31,32). The van der Waals surface area contributed by atoms with Gasteiger partial charge in [0.1, 0.15) is 11.6 Å². The third-order valence-corrected chi connectivity index (χ3v) is 6.74. The molecule has 2 aliphatic heterocycles. The number of aromatic nitrogens is 2. The Kier molecular flexibility index (Phi) is 8.14. The Morgan fingerprint density at radius 2 is 1.53 bits per heavy atom. The van der Waals surface area contributed by atoms with Crippen molar-refractivity contribution in [1.82, 2.24) is 15.3 Å². The van der Waals surface area contributed by atoms with Gasteiger partial charge in [-0.2, -0.15) is 9.97 Å². The van der Waals surface area contributed by atoms with Crippen molar-refractivity contribution in [2.75, 3.05) is 66.2 Å². The van der Waals surface area contributed by atoms with Gasteiger partial charge in [0.25, 0.3) is 0 Å². The van der Waals surface area contributed by atoms with Crippen LogP contribution in [0.25, 0.3) is 0 Å². The van der Waals surface area contributed by atoms with Gasteiger partial charge in [0.2, 0.25) is 5.95 Å². The molecular formula is C27H43N7. The first-order valence-corrected chi connectivity index (χ1v) is 13.1. The van der Waals surface area contributed by atoms with Gasteiger partial charge in [-0.1, -0.05) is 32.9 Å². The predicted octanol–water partition coefficient (Wildman–Crippen LogP) is 4.48. The molecule has 0 amide bonds. The summed E-state index contributed by atoms with van der Waals surface area (Å²) in [5.41, 5.74) is 2.72. The van der Waals surface area contributed by atoms with Crippen molar-refractivity contribution in [3.63, 3.8) is 0 Å². The predicted molar refractivity (Wildman–Crippen MR) is 145 cm³/mol. The van der Waals surface area contributed by atoms with Crippen LogP contribution in [0.5, 0.6) is 0 Å². The lowest BCUT2D eigenvalue weighted by atomic mass is 9.87. The molecule has 2 fully saturated rings. The smallest absolute Gasteiger partial charge is 0.229 e. The van der Waals surface area contributed by atoms with Gasteiger partial charge in [0.15, 0.2) is 0 Å². The summed E-state index contributed by atoms with van der Waals surface area (Å²) in [6.45, 7) is 15.9. The summed E-state index contributed by atoms with van der Waals surface area (Å²) in [5, 5.41) is 10.7. The number of hydrogen-bond donors (Lipinski definition) is 3. The SMILES string of the molecule is CC(CNCCNc1cc(N2CCCC2)nc(N2CCCC2)n1)Nc1ccc(C(C)(C)C)cc1. The molecule has 1 unspecified atom stereocenters. The van der Waals surface area contributed by atoms with E-state index < -0.39 is 0 Å². The van der Waals surface area contributed by atoms with E-state index in [9.17, 15) is 0 Å². The first kappa shape index (κ1) is 24.6. The van der Waals surface area contributed by atoms with Crippen molar-refractivity contribution in [2.45, 2.75) is 64.8 Å². The summed E-state index contributed by atoms with van der Waals surface area (Å²) >= 11 is 0. The van der Waals surface area contributed by atoms with E-state index in [-0.39, 0.29) is 5.41 Å². The van der Waals surface area contributed by atoms with Crippen LogP contribution in [-0.2, 0) is 5.41 Å². The lowest BCUT2D eigenvalue weighted by molar-refractivity contribution is 0.590. The molecule has 0 bridgehead atoms. The van der Waals surface area contributed by atoms with Gasteiger partial charge < -0.3 is 25.8 Å². The first-order chi connectivity index (χ1) is 16.4. The number of rotatable bonds is 10. The number of benzene rings is 1. The number of nitrogens with zero attached hydrogens (tertiary/aromatic N) is 4. The normalized spacial score (nSPS) is 17.3. The minimum Gasteiger partial charge on any atom is -0.381 e. The summed E-state index contributed by atoms with van der Waals surface area (Å²) in [7, 11) is 0. The molecule has 2 aliphatic rings. The molecular weight excluding hydrogens is 422 g/mol. The molecule has 7 nitrogen and oxygen atoms in total. The zero-order valence-corrected chi connectivity index (χ0v) is 21.5. The molecule has 3 heterocycles. The zero-order valence-electron chi connectivity index (χ0n) is 21.5. The van der Waals surface area contributed by atoms with Crippen molar-refractivity contribution < 1.29 is 0 Å². The van der Waals surface area contributed by atoms with E-state index in [4.69, 9.17) is 9.97 Å². The van der Waals surface area contributed by atoms with Crippen molar-refractivity contribution in [2.24, 2.45) is 0 Å². The lowest BCUT2D eigenvalue weighted by Gasteiger charge is -2.22. The molecule has 1 atom stereocenters. The van der Waals surface area contributed by atoms with Gasteiger partial charge in [-0.3, -0.25) is 0 Å². The Morgan fingerprint density at radius 1 is 0.882 bits per heavy atom. The van der Waals surface area contributed by atoms with Crippen LogP contribution in [0, 0.1) is 0 Å². The first-order valence-electron chi connectivity index (χ1n) is 13.1. The third-order valence-electron chi connectivity index (χ3n) is 6.74. The van der Waals surface area contributed by atoms with E-state index >= 15 is 0 Å². The van der Waals surface area contributed by atoms with Crippen LogP contribution < -0.4 is 25.8 Å². The van der Waals surface area contributed by atoms with E-state index in [2.05, 4.69) is 83.8 Å². The van der Waals surface area contributed by atoms with Gasteiger partial charge in [0, 0.05) is 63.6 Å². The maximum absolute atomic E-state index is 4.90. The Bertz CT molecular complexity index is 860. The van der Waals surface area contributed by atoms with Gasteiger partial charge >= 0.3 is 0 Å². The van der Waals surface area contributed by atoms with Gasteiger partial charge in [-0.15, -0.1) is 0 Å². The van der Waals surface area contributed by atoms with Crippen LogP contribution in [0.1, 0.15) is 58.9 Å². The molecule has 1 aromatic heterocycles. The van der Waals surface area contributed by atoms with Crippen LogP contribution in [-0.4, -0.2) is 61.8 Å². The molecule has 34 heavy (non-hydrogen) atoms. The van der Waals surface area contributed by atoms with Crippen molar-refractivity contribution in [3.05, 3.63) is 35.9 Å². The molecule has 0 radical (unpaired) electrons. The molecule has 2 saturated heterocycles. The quantitative estimate of drug-likeness (QED) is 0.447. The summed E-state index contributed by atoms with van der Waals surface area (Å²) in [5.74, 6) is 2.89. The molecule has 4 rings (SSSR count). The molecule has 2 aromatic rings. The molecule has 7 heteroatoms. The second-order valence-corrected chi connectivity index (χ2v) is 10.8. The van der Waals surface area contributed by atoms with Crippen molar-refractivity contribution in [1.29, 1.82) is 0 Å². The Morgan fingerprint density at radius 3 is 2.18 bits per heavy atom. The van der Waals surface area contributed by atoms with Gasteiger partial charge in [-0.25, -0.2) is 0 Å².